The molecule has 0 saturated carbocycles. The lowest BCUT2D eigenvalue weighted by molar-refractivity contribution is 0.318. The van der Waals surface area contributed by atoms with Crippen molar-refractivity contribution in [2.24, 2.45) is 11.8 Å². The number of thiazole rings is 1. The second-order valence-electron chi connectivity index (χ2n) is 4.07. The van der Waals surface area contributed by atoms with E-state index in [2.05, 4.69) is 22.2 Å². The average molecular weight is 226 g/mol. The lowest BCUT2D eigenvalue weighted by atomic mass is 10.1. The Kier molecular flexibility index (Phi) is 3.56. The van der Waals surface area contributed by atoms with Gasteiger partial charge in [0.05, 0.1) is 0 Å². The van der Waals surface area contributed by atoms with Crippen molar-refractivity contribution in [2.45, 2.75) is 26.3 Å². The monoisotopic (exact) mass is 226 g/mol. The van der Waals surface area contributed by atoms with Gasteiger partial charge in [0.1, 0.15) is 0 Å². The highest BCUT2D eigenvalue weighted by Crippen LogP contribution is 2.24. The summed E-state index contributed by atoms with van der Waals surface area (Å²) in [6.45, 7) is 5.76. The molecular formula is C10H18N4S. The first kappa shape index (κ1) is 10.9. The van der Waals surface area contributed by atoms with Crippen LogP contribution in [0.4, 0.5) is 5.13 Å². The summed E-state index contributed by atoms with van der Waals surface area (Å²) in [6.07, 6.45) is 4.56. The first-order valence-electron chi connectivity index (χ1n) is 5.45. The number of rotatable bonds is 4. The number of nitrogens with zero attached hydrogens (tertiary/aromatic N) is 2. The summed E-state index contributed by atoms with van der Waals surface area (Å²) in [5.41, 5.74) is 2.58. The minimum Gasteiger partial charge on any atom is -0.300 e. The normalized spacial score (nSPS) is 22.1. The van der Waals surface area contributed by atoms with Gasteiger partial charge in [0, 0.05) is 24.2 Å². The summed E-state index contributed by atoms with van der Waals surface area (Å²) in [5, 5.41) is 0.802. The average Bonchev–Trinajstić information content (AvgIpc) is 2.87. The zero-order valence-corrected chi connectivity index (χ0v) is 9.89. The number of nitrogens with one attached hydrogen (secondary N) is 1. The summed E-state index contributed by atoms with van der Waals surface area (Å²) in [4.78, 5) is 7.97. The van der Waals surface area contributed by atoms with E-state index < -0.39 is 0 Å². The first-order chi connectivity index (χ1) is 7.31. The molecule has 2 rings (SSSR count). The van der Waals surface area contributed by atoms with Crippen LogP contribution in [-0.2, 0) is 6.54 Å². The molecule has 3 N–H and O–H groups in total. The Labute approximate surface area is 94.5 Å². The van der Waals surface area contributed by atoms with Gasteiger partial charge in [0.25, 0.3) is 0 Å². The van der Waals surface area contributed by atoms with E-state index >= 15 is 0 Å². The highest BCUT2D eigenvalue weighted by Gasteiger charge is 2.21. The molecule has 5 heteroatoms. The minimum atomic E-state index is 0.802. The molecule has 1 saturated heterocycles. The van der Waals surface area contributed by atoms with E-state index in [1.54, 1.807) is 11.3 Å². The maximum Gasteiger partial charge on any atom is 0.197 e. The summed E-state index contributed by atoms with van der Waals surface area (Å²) >= 11 is 1.64. The van der Waals surface area contributed by atoms with E-state index in [0.29, 0.717) is 0 Å². The molecule has 1 fully saturated rings. The molecule has 84 valence electrons. The Morgan fingerprint density at radius 1 is 1.73 bits per heavy atom. The quantitative estimate of drug-likeness (QED) is 0.605. The van der Waals surface area contributed by atoms with Crippen LogP contribution in [0.3, 0.4) is 0 Å². The molecule has 15 heavy (non-hydrogen) atoms. The number of anilines is 1. The Balaban J connectivity index is 1.87. The second kappa shape index (κ2) is 4.92. The molecule has 1 aliphatic rings. The van der Waals surface area contributed by atoms with Crippen molar-refractivity contribution in [3.63, 3.8) is 0 Å². The third-order valence-corrected chi connectivity index (χ3v) is 3.92. The fourth-order valence-corrected chi connectivity index (χ4v) is 2.82. The maximum absolute atomic E-state index is 5.30. The van der Waals surface area contributed by atoms with Crippen molar-refractivity contribution in [1.29, 1.82) is 0 Å². The number of nitrogens with two attached hydrogens (primary N) is 1. The smallest absolute Gasteiger partial charge is 0.197 e. The number of nitrogen functional groups attached to an aromatic ring is 1. The van der Waals surface area contributed by atoms with Crippen LogP contribution in [-0.4, -0.2) is 23.0 Å². The minimum absolute atomic E-state index is 0.802. The summed E-state index contributed by atoms with van der Waals surface area (Å²) < 4.78 is 0. The lowest BCUT2D eigenvalue weighted by Crippen LogP contribution is -2.19. The number of aromatic nitrogens is 1. The number of likely N-dealkylation sites (tertiary alicyclic amines) is 1. The van der Waals surface area contributed by atoms with Crippen molar-refractivity contribution < 1.29 is 0 Å². The standard InChI is InChI=1S/C10H18N4S/c1-2-8-3-4-14(6-8)7-9-5-12-10(13-11)15-9/h5,8H,2-4,6-7,11H2,1H3,(H,12,13). The molecule has 1 aromatic rings. The molecule has 1 atom stereocenters. The number of hydrogen-bond acceptors (Lipinski definition) is 5. The van der Waals surface area contributed by atoms with Crippen LogP contribution in [0.1, 0.15) is 24.6 Å². The van der Waals surface area contributed by atoms with E-state index in [1.165, 1.54) is 30.8 Å². The van der Waals surface area contributed by atoms with Crippen molar-refractivity contribution in [1.82, 2.24) is 9.88 Å². The van der Waals surface area contributed by atoms with Crippen molar-refractivity contribution in [2.75, 3.05) is 18.5 Å². The fourth-order valence-electron chi connectivity index (χ4n) is 2.06. The Bertz CT molecular complexity index is 312. The van der Waals surface area contributed by atoms with Crippen LogP contribution >= 0.6 is 11.3 Å². The summed E-state index contributed by atoms with van der Waals surface area (Å²) in [5.74, 6) is 6.19. The van der Waals surface area contributed by atoms with Crippen LogP contribution < -0.4 is 11.3 Å². The molecule has 2 heterocycles. The van der Waals surface area contributed by atoms with E-state index in [-0.39, 0.29) is 0 Å². The van der Waals surface area contributed by atoms with E-state index in [1.807, 2.05) is 6.20 Å². The van der Waals surface area contributed by atoms with Crippen molar-refractivity contribution >= 4 is 16.5 Å². The third kappa shape index (κ3) is 2.68. The second-order valence-corrected chi connectivity index (χ2v) is 5.19. The molecular weight excluding hydrogens is 208 g/mol. The summed E-state index contributed by atoms with van der Waals surface area (Å²) in [7, 11) is 0. The van der Waals surface area contributed by atoms with Crippen LogP contribution in [0.25, 0.3) is 0 Å². The lowest BCUT2D eigenvalue weighted by Gasteiger charge is -2.13. The van der Waals surface area contributed by atoms with E-state index in [4.69, 9.17) is 5.84 Å². The van der Waals surface area contributed by atoms with Gasteiger partial charge in [-0.1, -0.05) is 24.7 Å². The summed E-state index contributed by atoms with van der Waals surface area (Å²) in [6, 6.07) is 0. The van der Waals surface area contributed by atoms with Gasteiger partial charge in [0.15, 0.2) is 5.13 Å². The molecule has 1 unspecified atom stereocenters. The molecule has 1 aromatic heterocycles. The molecule has 0 radical (unpaired) electrons. The Hall–Kier alpha value is -0.650. The van der Waals surface area contributed by atoms with Gasteiger partial charge in [-0.3, -0.25) is 10.3 Å². The maximum atomic E-state index is 5.30. The van der Waals surface area contributed by atoms with E-state index in [9.17, 15) is 0 Å². The molecule has 0 aliphatic carbocycles. The van der Waals surface area contributed by atoms with Gasteiger partial charge >= 0.3 is 0 Å². The Morgan fingerprint density at radius 2 is 2.60 bits per heavy atom. The fraction of sp³-hybridized carbons (Fsp3) is 0.700. The van der Waals surface area contributed by atoms with Gasteiger partial charge in [-0.25, -0.2) is 10.8 Å². The van der Waals surface area contributed by atoms with Crippen LogP contribution in [0.5, 0.6) is 0 Å². The largest absolute Gasteiger partial charge is 0.300 e. The van der Waals surface area contributed by atoms with E-state index in [0.717, 1.165) is 17.6 Å². The van der Waals surface area contributed by atoms with Gasteiger partial charge in [0.2, 0.25) is 0 Å². The zero-order chi connectivity index (χ0) is 10.7. The highest BCUT2D eigenvalue weighted by atomic mass is 32.1. The molecule has 1 aliphatic heterocycles. The van der Waals surface area contributed by atoms with Gasteiger partial charge in [-0.2, -0.15) is 0 Å². The predicted octanol–water partition coefficient (Wildman–Crippen LogP) is 1.66. The molecule has 0 spiro atoms. The van der Waals surface area contributed by atoms with Crippen molar-refractivity contribution in [3.05, 3.63) is 11.1 Å². The molecule has 0 amide bonds. The van der Waals surface area contributed by atoms with Crippen LogP contribution in [0.15, 0.2) is 6.20 Å². The van der Waals surface area contributed by atoms with Gasteiger partial charge in [-0.15, -0.1) is 0 Å². The highest BCUT2D eigenvalue weighted by molar-refractivity contribution is 7.15. The Morgan fingerprint density at radius 3 is 3.20 bits per heavy atom. The molecule has 0 bridgehead atoms. The third-order valence-electron chi connectivity index (χ3n) is 3.00. The predicted molar refractivity (Wildman–Crippen MR) is 63.6 cm³/mol. The topological polar surface area (TPSA) is 54.2 Å². The zero-order valence-electron chi connectivity index (χ0n) is 9.07. The van der Waals surface area contributed by atoms with Gasteiger partial charge < -0.3 is 0 Å². The molecule has 0 aromatic carbocycles. The number of hydrazine groups is 1. The van der Waals surface area contributed by atoms with Crippen molar-refractivity contribution in [3.8, 4) is 0 Å². The van der Waals surface area contributed by atoms with Gasteiger partial charge in [-0.05, 0) is 18.9 Å². The number of hydrogen-bond donors (Lipinski definition) is 2. The first-order valence-corrected chi connectivity index (χ1v) is 6.27. The van der Waals surface area contributed by atoms with Crippen LogP contribution in [0, 0.1) is 5.92 Å². The molecule has 4 nitrogen and oxygen atoms in total. The van der Waals surface area contributed by atoms with Crippen LogP contribution in [0.2, 0.25) is 0 Å². The SMILES string of the molecule is CCC1CCN(Cc2cnc(NN)s2)C1.